The third-order valence-corrected chi connectivity index (χ3v) is 5.12. The van der Waals surface area contributed by atoms with Gasteiger partial charge in [-0.1, -0.05) is 88.8 Å². The highest BCUT2D eigenvalue weighted by molar-refractivity contribution is 5.43. The first-order valence-electron chi connectivity index (χ1n) is 10.2. The Morgan fingerprint density at radius 1 is 0.680 bits per heavy atom. The summed E-state index contributed by atoms with van der Waals surface area (Å²) >= 11 is 0. The molecule has 1 atom stereocenters. The Morgan fingerprint density at radius 3 is 1.84 bits per heavy atom. The van der Waals surface area contributed by atoms with Crippen LogP contribution in [-0.4, -0.2) is 0 Å². The molecule has 1 unspecified atom stereocenters. The SMILES string of the molecule is CCCCCCCCc1ccc(C(CCC)c2ccc(N)cc2)cc1. The van der Waals surface area contributed by atoms with Crippen molar-refractivity contribution in [3.8, 4) is 0 Å². The summed E-state index contributed by atoms with van der Waals surface area (Å²) < 4.78 is 0. The molecule has 0 saturated carbocycles. The standard InChI is InChI=1S/C24H35N/c1-3-5-6-7-8-9-11-20-12-14-21(15-13-20)24(10-4-2)22-16-18-23(25)19-17-22/h12-19,24H,3-11,25H2,1-2H3. The Balaban J connectivity index is 1.93. The maximum absolute atomic E-state index is 5.84. The fourth-order valence-electron chi connectivity index (χ4n) is 3.57. The van der Waals surface area contributed by atoms with Gasteiger partial charge in [-0.15, -0.1) is 0 Å². The van der Waals surface area contributed by atoms with E-state index in [0.29, 0.717) is 5.92 Å². The number of hydrogen-bond acceptors (Lipinski definition) is 1. The molecule has 0 aliphatic carbocycles. The van der Waals surface area contributed by atoms with E-state index in [2.05, 4.69) is 50.2 Å². The monoisotopic (exact) mass is 337 g/mol. The number of nitrogens with two attached hydrogens (primary N) is 1. The van der Waals surface area contributed by atoms with Crippen LogP contribution in [0.15, 0.2) is 48.5 Å². The van der Waals surface area contributed by atoms with E-state index in [1.165, 1.54) is 74.5 Å². The Morgan fingerprint density at radius 2 is 1.24 bits per heavy atom. The molecular formula is C24H35N. The number of benzene rings is 2. The van der Waals surface area contributed by atoms with Gasteiger partial charge in [0.05, 0.1) is 0 Å². The van der Waals surface area contributed by atoms with Gasteiger partial charge in [0, 0.05) is 11.6 Å². The highest BCUT2D eigenvalue weighted by Crippen LogP contribution is 2.30. The summed E-state index contributed by atoms with van der Waals surface area (Å²) in [6.45, 7) is 4.54. The number of unbranched alkanes of at least 4 members (excludes halogenated alkanes) is 5. The zero-order valence-corrected chi connectivity index (χ0v) is 16.1. The smallest absolute Gasteiger partial charge is 0.0314 e. The van der Waals surface area contributed by atoms with Gasteiger partial charge >= 0.3 is 0 Å². The molecule has 0 amide bonds. The van der Waals surface area contributed by atoms with E-state index in [1.54, 1.807) is 0 Å². The Labute approximate surface area is 154 Å². The van der Waals surface area contributed by atoms with Crippen LogP contribution in [0.5, 0.6) is 0 Å². The third kappa shape index (κ3) is 6.57. The van der Waals surface area contributed by atoms with Crippen molar-refractivity contribution in [2.75, 3.05) is 5.73 Å². The highest BCUT2D eigenvalue weighted by Gasteiger charge is 2.13. The first-order valence-corrected chi connectivity index (χ1v) is 10.2. The summed E-state index contributed by atoms with van der Waals surface area (Å²) in [6, 6.07) is 17.7. The van der Waals surface area contributed by atoms with Gasteiger partial charge in [0.25, 0.3) is 0 Å². The molecule has 0 fully saturated rings. The molecule has 0 bridgehead atoms. The van der Waals surface area contributed by atoms with Crippen LogP contribution in [0, 0.1) is 0 Å². The van der Waals surface area contributed by atoms with Crippen LogP contribution < -0.4 is 5.73 Å². The van der Waals surface area contributed by atoms with Crippen molar-refractivity contribution in [1.82, 2.24) is 0 Å². The number of nitrogen functional groups attached to an aromatic ring is 1. The summed E-state index contributed by atoms with van der Waals surface area (Å²) in [7, 11) is 0. The van der Waals surface area contributed by atoms with Gasteiger partial charge in [-0.05, 0) is 48.1 Å². The quantitative estimate of drug-likeness (QED) is 0.343. The van der Waals surface area contributed by atoms with Gasteiger partial charge in [-0.2, -0.15) is 0 Å². The molecule has 25 heavy (non-hydrogen) atoms. The van der Waals surface area contributed by atoms with Crippen LogP contribution in [0.25, 0.3) is 0 Å². The molecule has 0 aliphatic heterocycles. The molecular weight excluding hydrogens is 302 g/mol. The number of hydrogen-bond donors (Lipinski definition) is 1. The molecule has 0 heterocycles. The van der Waals surface area contributed by atoms with Crippen molar-refractivity contribution < 1.29 is 0 Å². The maximum Gasteiger partial charge on any atom is 0.0314 e. The van der Waals surface area contributed by atoms with Crippen LogP contribution in [-0.2, 0) is 6.42 Å². The van der Waals surface area contributed by atoms with E-state index in [4.69, 9.17) is 5.73 Å². The minimum atomic E-state index is 0.480. The molecule has 0 saturated heterocycles. The average Bonchev–Trinajstić information content (AvgIpc) is 2.64. The highest BCUT2D eigenvalue weighted by atomic mass is 14.5. The topological polar surface area (TPSA) is 26.0 Å². The molecule has 136 valence electrons. The minimum absolute atomic E-state index is 0.480. The van der Waals surface area contributed by atoms with E-state index >= 15 is 0 Å². The van der Waals surface area contributed by atoms with Crippen LogP contribution in [0.3, 0.4) is 0 Å². The fraction of sp³-hybridized carbons (Fsp3) is 0.500. The fourth-order valence-corrected chi connectivity index (χ4v) is 3.57. The lowest BCUT2D eigenvalue weighted by atomic mass is 9.87. The number of anilines is 1. The largest absolute Gasteiger partial charge is 0.399 e. The molecule has 0 radical (unpaired) electrons. The lowest BCUT2D eigenvalue weighted by Gasteiger charge is -2.18. The molecule has 2 aromatic rings. The number of aryl methyl sites for hydroxylation is 1. The second-order valence-electron chi connectivity index (χ2n) is 7.27. The van der Waals surface area contributed by atoms with Crippen molar-refractivity contribution in [2.24, 2.45) is 0 Å². The summed E-state index contributed by atoms with van der Waals surface area (Å²) in [4.78, 5) is 0. The molecule has 0 spiro atoms. The van der Waals surface area contributed by atoms with Crippen molar-refractivity contribution in [1.29, 1.82) is 0 Å². The predicted octanol–water partition coefficient (Wildman–Crippen LogP) is 7.10. The predicted molar refractivity (Wildman–Crippen MR) is 111 cm³/mol. The summed E-state index contributed by atoms with van der Waals surface area (Å²) in [5.74, 6) is 0.480. The Kier molecular flexibility index (Phi) is 8.59. The normalized spacial score (nSPS) is 12.2. The van der Waals surface area contributed by atoms with Crippen LogP contribution in [0.1, 0.15) is 87.8 Å². The minimum Gasteiger partial charge on any atom is -0.399 e. The van der Waals surface area contributed by atoms with Crippen LogP contribution >= 0.6 is 0 Å². The molecule has 0 aromatic heterocycles. The van der Waals surface area contributed by atoms with E-state index in [-0.39, 0.29) is 0 Å². The molecule has 2 N–H and O–H groups in total. The molecule has 0 aliphatic rings. The summed E-state index contributed by atoms with van der Waals surface area (Å²) in [5, 5.41) is 0. The van der Waals surface area contributed by atoms with Gasteiger partial charge in [0.15, 0.2) is 0 Å². The molecule has 1 nitrogen and oxygen atoms in total. The van der Waals surface area contributed by atoms with E-state index in [1.807, 2.05) is 12.1 Å². The van der Waals surface area contributed by atoms with Crippen LogP contribution in [0.2, 0.25) is 0 Å². The third-order valence-electron chi connectivity index (χ3n) is 5.12. The van der Waals surface area contributed by atoms with Gasteiger partial charge in [0.2, 0.25) is 0 Å². The lowest BCUT2D eigenvalue weighted by molar-refractivity contribution is 0.607. The van der Waals surface area contributed by atoms with Crippen molar-refractivity contribution in [3.63, 3.8) is 0 Å². The van der Waals surface area contributed by atoms with Gasteiger partial charge < -0.3 is 5.73 Å². The zero-order chi connectivity index (χ0) is 17.9. The van der Waals surface area contributed by atoms with Gasteiger partial charge in [-0.3, -0.25) is 0 Å². The van der Waals surface area contributed by atoms with Gasteiger partial charge in [-0.25, -0.2) is 0 Å². The van der Waals surface area contributed by atoms with Gasteiger partial charge in [0.1, 0.15) is 0 Å². The zero-order valence-electron chi connectivity index (χ0n) is 16.1. The van der Waals surface area contributed by atoms with E-state index < -0.39 is 0 Å². The Hall–Kier alpha value is -1.76. The first kappa shape index (κ1) is 19.6. The summed E-state index contributed by atoms with van der Waals surface area (Å²) in [6.07, 6.45) is 11.8. The molecule has 2 aromatic carbocycles. The van der Waals surface area contributed by atoms with E-state index in [0.717, 1.165) is 5.69 Å². The second-order valence-corrected chi connectivity index (χ2v) is 7.27. The summed E-state index contributed by atoms with van der Waals surface area (Å²) in [5.41, 5.74) is 11.0. The van der Waals surface area contributed by atoms with E-state index in [9.17, 15) is 0 Å². The Bertz CT molecular complexity index is 582. The molecule has 2 rings (SSSR count). The second kappa shape index (κ2) is 11.0. The van der Waals surface area contributed by atoms with Crippen molar-refractivity contribution in [2.45, 2.75) is 77.6 Å². The average molecular weight is 338 g/mol. The maximum atomic E-state index is 5.84. The molecule has 1 heteroatoms. The van der Waals surface area contributed by atoms with Crippen molar-refractivity contribution in [3.05, 3.63) is 65.2 Å². The number of rotatable bonds is 11. The first-order chi connectivity index (χ1) is 12.2. The van der Waals surface area contributed by atoms with Crippen LogP contribution in [0.4, 0.5) is 5.69 Å². The van der Waals surface area contributed by atoms with Crippen molar-refractivity contribution >= 4 is 5.69 Å². The lowest BCUT2D eigenvalue weighted by Crippen LogP contribution is -2.01.